The molecule has 0 bridgehead atoms. The Hall–Kier alpha value is -1.65. The molecule has 0 aliphatic heterocycles. The molecule has 98 valence electrons. The van der Waals surface area contributed by atoms with Gasteiger partial charge in [-0.15, -0.1) is 0 Å². The van der Waals surface area contributed by atoms with Crippen LogP contribution in [0.1, 0.15) is 48.4 Å². The molecule has 5 nitrogen and oxygen atoms in total. The van der Waals surface area contributed by atoms with Gasteiger partial charge in [-0.1, -0.05) is 0 Å². The molecule has 1 aromatic heterocycles. The van der Waals surface area contributed by atoms with E-state index in [1.807, 2.05) is 18.7 Å². The van der Waals surface area contributed by atoms with Crippen LogP contribution >= 0.6 is 0 Å². The molecule has 1 aliphatic rings. The van der Waals surface area contributed by atoms with E-state index in [2.05, 4.69) is 9.97 Å². The van der Waals surface area contributed by atoms with E-state index in [9.17, 15) is 9.90 Å². The van der Waals surface area contributed by atoms with Crippen molar-refractivity contribution in [1.29, 1.82) is 0 Å². The zero-order chi connectivity index (χ0) is 13.1. The Bertz CT molecular complexity index is 456. The number of aromatic carboxylic acids is 1. The largest absolute Gasteiger partial charge is 0.476 e. The van der Waals surface area contributed by atoms with Gasteiger partial charge in [-0.3, -0.25) is 0 Å². The summed E-state index contributed by atoms with van der Waals surface area (Å²) in [6.45, 7) is 5.61. The number of aryl methyl sites for hydroxylation is 1. The number of hydrogen-bond donors (Lipinski definition) is 1. The van der Waals surface area contributed by atoms with Gasteiger partial charge >= 0.3 is 5.97 Å². The van der Waals surface area contributed by atoms with Crippen LogP contribution in [0.3, 0.4) is 0 Å². The highest BCUT2D eigenvalue weighted by molar-refractivity contribution is 5.87. The van der Waals surface area contributed by atoms with Crippen LogP contribution in [-0.2, 0) is 12.8 Å². The molecule has 5 heteroatoms. The second-order valence-electron chi connectivity index (χ2n) is 4.48. The number of rotatable bonds is 4. The number of nitrogens with zero attached hydrogens (tertiary/aromatic N) is 3. The van der Waals surface area contributed by atoms with Gasteiger partial charge in [0, 0.05) is 18.7 Å². The summed E-state index contributed by atoms with van der Waals surface area (Å²) in [5.41, 5.74) is 1.96. The maximum Gasteiger partial charge on any atom is 0.354 e. The standard InChI is InChI=1S/C13H19N3O2/c1-3-16(4-2)13-14-10-8-6-5-7-9(10)11(15-13)12(17)18/h3-8H2,1-2H3,(H,17,18). The lowest BCUT2D eigenvalue weighted by molar-refractivity contribution is 0.0688. The number of aromatic nitrogens is 2. The molecule has 0 saturated carbocycles. The molecule has 0 radical (unpaired) electrons. The van der Waals surface area contributed by atoms with E-state index in [0.717, 1.165) is 50.0 Å². The number of carboxylic acids is 1. The summed E-state index contributed by atoms with van der Waals surface area (Å²) in [7, 11) is 0. The molecule has 0 saturated heterocycles. The molecule has 0 fully saturated rings. The number of carboxylic acid groups (broad SMARTS) is 1. The van der Waals surface area contributed by atoms with Crippen molar-refractivity contribution in [2.75, 3.05) is 18.0 Å². The molecular weight excluding hydrogens is 230 g/mol. The number of carbonyl (C=O) groups is 1. The predicted molar refractivity (Wildman–Crippen MR) is 69.2 cm³/mol. The third-order valence-electron chi connectivity index (χ3n) is 3.42. The summed E-state index contributed by atoms with van der Waals surface area (Å²) in [5.74, 6) is -0.387. The van der Waals surface area contributed by atoms with Crippen molar-refractivity contribution in [2.45, 2.75) is 39.5 Å². The molecule has 1 aromatic rings. The molecule has 1 N–H and O–H groups in total. The first-order valence-corrected chi connectivity index (χ1v) is 6.55. The average molecular weight is 249 g/mol. The van der Waals surface area contributed by atoms with Gasteiger partial charge in [0.25, 0.3) is 0 Å². The summed E-state index contributed by atoms with van der Waals surface area (Å²) in [6.07, 6.45) is 3.77. The number of hydrogen-bond acceptors (Lipinski definition) is 4. The highest BCUT2D eigenvalue weighted by Gasteiger charge is 2.22. The van der Waals surface area contributed by atoms with E-state index in [1.54, 1.807) is 0 Å². The van der Waals surface area contributed by atoms with Gasteiger partial charge in [-0.05, 0) is 39.5 Å². The predicted octanol–water partition coefficient (Wildman–Crippen LogP) is 1.90. The summed E-state index contributed by atoms with van der Waals surface area (Å²) in [6, 6.07) is 0. The maximum atomic E-state index is 11.3. The third-order valence-corrected chi connectivity index (χ3v) is 3.42. The monoisotopic (exact) mass is 249 g/mol. The third kappa shape index (κ3) is 2.30. The van der Waals surface area contributed by atoms with Crippen LogP contribution in [0.2, 0.25) is 0 Å². The molecule has 0 unspecified atom stereocenters. The normalized spacial score (nSPS) is 14.1. The minimum atomic E-state index is -0.941. The first-order chi connectivity index (χ1) is 8.67. The second-order valence-corrected chi connectivity index (χ2v) is 4.48. The highest BCUT2D eigenvalue weighted by atomic mass is 16.4. The molecule has 0 amide bonds. The van der Waals surface area contributed by atoms with E-state index in [0.29, 0.717) is 5.95 Å². The van der Waals surface area contributed by atoms with Gasteiger partial charge in [0.2, 0.25) is 5.95 Å². The van der Waals surface area contributed by atoms with Crippen molar-refractivity contribution in [3.05, 3.63) is 17.0 Å². The maximum absolute atomic E-state index is 11.3. The number of anilines is 1. The van der Waals surface area contributed by atoms with E-state index in [4.69, 9.17) is 0 Å². The van der Waals surface area contributed by atoms with Crippen LogP contribution in [0, 0.1) is 0 Å². The van der Waals surface area contributed by atoms with Crippen molar-refractivity contribution in [2.24, 2.45) is 0 Å². The van der Waals surface area contributed by atoms with Gasteiger partial charge in [0.1, 0.15) is 0 Å². The summed E-state index contributed by atoms with van der Waals surface area (Å²) < 4.78 is 0. The van der Waals surface area contributed by atoms with Crippen LogP contribution in [0.15, 0.2) is 0 Å². The lowest BCUT2D eigenvalue weighted by Gasteiger charge is -2.23. The lowest BCUT2D eigenvalue weighted by Crippen LogP contribution is -2.27. The van der Waals surface area contributed by atoms with Crippen molar-refractivity contribution in [3.8, 4) is 0 Å². The first-order valence-electron chi connectivity index (χ1n) is 6.55. The van der Waals surface area contributed by atoms with Crippen molar-refractivity contribution >= 4 is 11.9 Å². The van der Waals surface area contributed by atoms with Crippen LogP contribution < -0.4 is 4.90 Å². The van der Waals surface area contributed by atoms with Gasteiger partial charge in [0.15, 0.2) is 5.69 Å². The summed E-state index contributed by atoms with van der Waals surface area (Å²) in [5, 5.41) is 9.28. The van der Waals surface area contributed by atoms with E-state index >= 15 is 0 Å². The first kappa shape index (κ1) is 12.8. The average Bonchev–Trinajstić information content (AvgIpc) is 2.39. The SMILES string of the molecule is CCN(CC)c1nc2c(c(C(=O)O)n1)CCCC2. The highest BCUT2D eigenvalue weighted by Crippen LogP contribution is 2.24. The minimum absolute atomic E-state index is 0.196. The minimum Gasteiger partial charge on any atom is -0.476 e. The topological polar surface area (TPSA) is 66.3 Å². The van der Waals surface area contributed by atoms with Crippen LogP contribution in [-0.4, -0.2) is 34.1 Å². The van der Waals surface area contributed by atoms with Gasteiger partial charge < -0.3 is 10.0 Å². The van der Waals surface area contributed by atoms with E-state index in [1.165, 1.54) is 0 Å². The van der Waals surface area contributed by atoms with Gasteiger partial charge in [0.05, 0.1) is 5.69 Å². The molecule has 1 aliphatic carbocycles. The quantitative estimate of drug-likeness (QED) is 0.882. The fraction of sp³-hybridized carbons (Fsp3) is 0.615. The fourth-order valence-electron chi connectivity index (χ4n) is 2.41. The molecule has 1 heterocycles. The second kappa shape index (κ2) is 5.33. The van der Waals surface area contributed by atoms with Crippen LogP contribution in [0.5, 0.6) is 0 Å². The Kier molecular flexibility index (Phi) is 3.79. The molecule has 2 rings (SSSR count). The van der Waals surface area contributed by atoms with Gasteiger partial charge in [-0.25, -0.2) is 14.8 Å². The fourth-order valence-corrected chi connectivity index (χ4v) is 2.41. The molecule has 18 heavy (non-hydrogen) atoms. The van der Waals surface area contributed by atoms with Gasteiger partial charge in [-0.2, -0.15) is 0 Å². The van der Waals surface area contributed by atoms with Crippen molar-refractivity contribution in [3.63, 3.8) is 0 Å². The smallest absolute Gasteiger partial charge is 0.354 e. The summed E-state index contributed by atoms with van der Waals surface area (Å²) >= 11 is 0. The molecular formula is C13H19N3O2. The molecule has 0 aromatic carbocycles. The lowest BCUT2D eigenvalue weighted by atomic mass is 9.94. The zero-order valence-corrected chi connectivity index (χ0v) is 10.9. The number of fused-ring (bicyclic) bond motifs is 1. The summed E-state index contributed by atoms with van der Waals surface area (Å²) in [4.78, 5) is 22.1. The molecule has 0 spiro atoms. The van der Waals surface area contributed by atoms with E-state index in [-0.39, 0.29) is 5.69 Å². The zero-order valence-electron chi connectivity index (χ0n) is 10.9. The Morgan fingerprint density at radius 3 is 2.50 bits per heavy atom. The Labute approximate surface area is 107 Å². The van der Waals surface area contributed by atoms with Crippen molar-refractivity contribution in [1.82, 2.24) is 9.97 Å². The Balaban J connectivity index is 2.50. The van der Waals surface area contributed by atoms with Crippen LogP contribution in [0.25, 0.3) is 0 Å². The van der Waals surface area contributed by atoms with Crippen molar-refractivity contribution < 1.29 is 9.90 Å². The Morgan fingerprint density at radius 1 is 1.22 bits per heavy atom. The molecule has 0 atom stereocenters. The van der Waals surface area contributed by atoms with Crippen LogP contribution in [0.4, 0.5) is 5.95 Å². The Morgan fingerprint density at radius 2 is 1.89 bits per heavy atom. The van der Waals surface area contributed by atoms with E-state index < -0.39 is 5.97 Å².